The third-order valence-electron chi connectivity index (χ3n) is 3.49. The maximum absolute atomic E-state index is 13.9. The highest BCUT2D eigenvalue weighted by Crippen LogP contribution is 2.32. The first kappa shape index (κ1) is 15.1. The van der Waals surface area contributed by atoms with Crippen molar-refractivity contribution in [2.75, 3.05) is 13.7 Å². The molecular weight excluding hydrogens is 231 g/mol. The molecule has 18 heavy (non-hydrogen) atoms. The van der Waals surface area contributed by atoms with Crippen LogP contribution >= 0.6 is 0 Å². The fourth-order valence-electron chi connectivity index (χ4n) is 2.03. The summed E-state index contributed by atoms with van der Waals surface area (Å²) in [6.07, 6.45) is 4.66. The van der Waals surface area contributed by atoms with Gasteiger partial charge in [-0.2, -0.15) is 0 Å². The molecule has 102 valence electrons. The number of ether oxygens (including phenoxy) is 1. The predicted octanol–water partition coefficient (Wildman–Crippen LogP) is 3.08. The Hall–Kier alpha value is -1.00. The van der Waals surface area contributed by atoms with E-state index in [-0.39, 0.29) is 11.9 Å². The van der Waals surface area contributed by atoms with E-state index in [9.17, 15) is 4.39 Å². The van der Waals surface area contributed by atoms with Crippen molar-refractivity contribution in [3.05, 3.63) is 29.8 Å². The Morgan fingerprint density at radius 1 is 1.50 bits per heavy atom. The number of rotatable bonds is 7. The zero-order valence-electron chi connectivity index (χ0n) is 11.7. The summed E-state index contributed by atoms with van der Waals surface area (Å²) in [5.74, 6) is -0.289. The second-order valence-corrected chi connectivity index (χ2v) is 4.65. The molecule has 1 aromatic heterocycles. The van der Waals surface area contributed by atoms with Crippen molar-refractivity contribution in [3.63, 3.8) is 0 Å². The van der Waals surface area contributed by atoms with Crippen molar-refractivity contribution in [1.82, 2.24) is 10.3 Å². The molecule has 0 aliphatic carbocycles. The van der Waals surface area contributed by atoms with E-state index in [1.165, 1.54) is 6.20 Å². The van der Waals surface area contributed by atoms with Crippen molar-refractivity contribution in [2.24, 2.45) is 0 Å². The minimum atomic E-state index is -0.433. The highest BCUT2D eigenvalue weighted by Gasteiger charge is 2.34. The molecule has 1 N–H and O–H groups in total. The third kappa shape index (κ3) is 3.27. The molecule has 0 aliphatic heterocycles. The molecule has 4 heteroatoms. The fourth-order valence-corrected chi connectivity index (χ4v) is 2.03. The van der Waals surface area contributed by atoms with Crippen LogP contribution in [0.3, 0.4) is 0 Å². The Kier molecular flexibility index (Phi) is 5.69. The second kappa shape index (κ2) is 6.81. The van der Waals surface area contributed by atoms with Gasteiger partial charge in [-0.3, -0.25) is 4.98 Å². The first-order chi connectivity index (χ1) is 8.59. The summed E-state index contributed by atoms with van der Waals surface area (Å²) in [5.41, 5.74) is 0.182. The molecule has 0 bridgehead atoms. The van der Waals surface area contributed by atoms with Gasteiger partial charge in [-0.15, -0.1) is 0 Å². The zero-order chi connectivity index (χ0) is 13.6. The van der Waals surface area contributed by atoms with Gasteiger partial charge in [0.1, 0.15) is 5.82 Å². The van der Waals surface area contributed by atoms with Gasteiger partial charge in [0, 0.05) is 18.9 Å². The van der Waals surface area contributed by atoms with Gasteiger partial charge in [0.05, 0.1) is 17.8 Å². The van der Waals surface area contributed by atoms with Crippen LogP contribution in [0.2, 0.25) is 0 Å². The van der Waals surface area contributed by atoms with E-state index in [4.69, 9.17) is 4.74 Å². The molecule has 0 amide bonds. The molecule has 0 saturated heterocycles. The van der Waals surface area contributed by atoms with Crippen LogP contribution in [0, 0.1) is 5.82 Å². The number of pyridine rings is 1. The summed E-state index contributed by atoms with van der Waals surface area (Å²) in [6, 6.07) is 1.55. The quantitative estimate of drug-likeness (QED) is 0.812. The Labute approximate surface area is 109 Å². The van der Waals surface area contributed by atoms with Crippen LogP contribution in [-0.2, 0) is 4.74 Å². The van der Waals surface area contributed by atoms with E-state index in [1.54, 1.807) is 19.4 Å². The Bertz CT molecular complexity index is 367. The summed E-state index contributed by atoms with van der Waals surface area (Å²) in [4.78, 5) is 3.80. The predicted molar refractivity (Wildman–Crippen MR) is 70.9 cm³/mol. The molecule has 1 heterocycles. The van der Waals surface area contributed by atoms with E-state index in [0.29, 0.717) is 5.56 Å². The number of hydrogen-bond donors (Lipinski definition) is 1. The number of nitrogens with one attached hydrogen (secondary N) is 1. The largest absolute Gasteiger partial charge is 0.377 e. The van der Waals surface area contributed by atoms with Gasteiger partial charge in [-0.05, 0) is 32.4 Å². The van der Waals surface area contributed by atoms with Crippen molar-refractivity contribution in [3.8, 4) is 0 Å². The smallest absolute Gasteiger partial charge is 0.146 e. The molecule has 3 nitrogen and oxygen atoms in total. The monoisotopic (exact) mass is 254 g/mol. The number of hydrogen-bond acceptors (Lipinski definition) is 3. The summed E-state index contributed by atoms with van der Waals surface area (Å²) in [5, 5.41) is 3.38. The van der Waals surface area contributed by atoms with Crippen LogP contribution in [0.1, 0.15) is 45.2 Å². The maximum Gasteiger partial charge on any atom is 0.146 e. The Morgan fingerprint density at radius 2 is 2.22 bits per heavy atom. The van der Waals surface area contributed by atoms with Crippen LogP contribution in [0.4, 0.5) is 4.39 Å². The van der Waals surface area contributed by atoms with Crippen molar-refractivity contribution in [1.29, 1.82) is 0 Å². The van der Waals surface area contributed by atoms with Crippen molar-refractivity contribution >= 4 is 0 Å². The minimum Gasteiger partial charge on any atom is -0.377 e. The fraction of sp³-hybridized carbons (Fsp3) is 0.643. The highest BCUT2D eigenvalue weighted by molar-refractivity contribution is 5.21. The SMILES string of the molecule is CCCNC(c1ccncc1F)C(C)(CC)OC. The number of methoxy groups -OCH3 is 1. The maximum atomic E-state index is 13.9. The van der Waals surface area contributed by atoms with Gasteiger partial charge >= 0.3 is 0 Å². The summed E-state index contributed by atoms with van der Waals surface area (Å²) in [7, 11) is 1.67. The molecule has 2 unspecified atom stereocenters. The van der Waals surface area contributed by atoms with Crippen LogP contribution in [0.5, 0.6) is 0 Å². The average molecular weight is 254 g/mol. The zero-order valence-corrected chi connectivity index (χ0v) is 11.7. The molecule has 0 fully saturated rings. The summed E-state index contributed by atoms with van der Waals surface area (Å²) in [6.45, 7) is 6.96. The standard InChI is InChI=1S/C14H23FN2O/c1-5-8-17-13(14(3,6-2)18-4)11-7-9-16-10-12(11)15/h7,9-10,13,17H,5-6,8H2,1-4H3. The van der Waals surface area contributed by atoms with Crippen molar-refractivity contribution in [2.45, 2.75) is 45.3 Å². The average Bonchev–Trinajstić information content (AvgIpc) is 2.40. The molecule has 2 atom stereocenters. The van der Waals surface area contributed by atoms with E-state index in [0.717, 1.165) is 19.4 Å². The number of nitrogens with zero attached hydrogens (tertiary/aromatic N) is 1. The highest BCUT2D eigenvalue weighted by atomic mass is 19.1. The second-order valence-electron chi connectivity index (χ2n) is 4.65. The van der Waals surface area contributed by atoms with Gasteiger partial charge in [0.2, 0.25) is 0 Å². The van der Waals surface area contributed by atoms with E-state index in [2.05, 4.69) is 17.2 Å². The molecule has 0 saturated carbocycles. The molecule has 0 aliphatic rings. The first-order valence-electron chi connectivity index (χ1n) is 6.47. The summed E-state index contributed by atoms with van der Waals surface area (Å²) < 4.78 is 19.5. The van der Waals surface area contributed by atoms with Gasteiger partial charge in [0.15, 0.2) is 0 Å². The number of halogens is 1. The molecular formula is C14H23FN2O. The van der Waals surface area contributed by atoms with E-state index >= 15 is 0 Å². The van der Waals surface area contributed by atoms with Crippen LogP contribution in [-0.4, -0.2) is 24.2 Å². The van der Waals surface area contributed by atoms with E-state index < -0.39 is 5.60 Å². The molecule has 0 aromatic carbocycles. The molecule has 0 spiro atoms. The van der Waals surface area contributed by atoms with Gasteiger partial charge in [-0.1, -0.05) is 13.8 Å². The number of aromatic nitrogens is 1. The molecule has 1 aromatic rings. The molecule has 0 radical (unpaired) electrons. The van der Waals surface area contributed by atoms with Crippen molar-refractivity contribution < 1.29 is 9.13 Å². The van der Waals surface area contributed by atoms with Gasteiger partial charge < -0.3 is 10.1 Å². The van der Waals surface area contributed by atoms with Gasteiger partial charge in [-0.25, -0.2) is 4.39 Å². The summed E-state index contributed by atoms with van der Waals surface area (Å²) >= 11 is 0. The lowest BCUT2D eigenvalue weighted by Gasteiger charge is -2.37. The Balaban J connectivity index is 3.09. The van der Waals surface area contributed by atoms with Gasteiger partial charge in [0.25, 0.3) is 0 Å². The lowest BCUT2D eigenvalue weighted by atomic mass is 9.87. The van der Waals surface area contributed by atoms with E-state index in [1.807, 2.05) is 13.8 Å². The normalized spacial score (nSPS) is 16.3. The van der Waals surface area contributed by atoms with Crippen LogP contribution in [0.15, 0.2) is 18.5 Å². The third-order valence-corrected chi connectivity index (χ3v) is 3.49. The first-order valence-corrected chi connectivity index (χ1v) is 6.47. The minimum absolute atomic E-state index is 0.171. The topological polar surface area (TPSA) is 34.2 Å². The lowest BCUT2D eigenvalue weighted by molar-refractivity contribution is -0.0308. The molecule has 1 rings (SSSR count). The Morgan fingerprint density at radius 3 is 2.72 bits per heavy atom. The lowest BCUT2D eigenvalue weighted by Crippen LogP contribution is -2.43. The van der Waals surface area contributed by atoms with Crippen LogP contribution < -0.4 is 5.32 Å². The van der Waals surface area contributed by atoms with Crippen LogP contribution in [0.25, 0.3) is 0 Å².